The van der Waals surface area contributed by atoms with Crippen molar-refractivity contribution >= 4 is 62.2 Å². The Labute approximate surface area is 143 Å². The van der Waals surface area contributed by atoms with Gasteiger partial charge < -0.3 is 14.9 Å². The van der Waals surface area contributed by atoms with Crippen LogP contribution in [0.25, 0.3) is 6.08 Å². The molecule has 0 spiro atoms. The van der Waals surface area contributed by atoms with E-state index >= 15 is 0 Å². The van der Waals surface area contributed by atoms with Crippen LogP contribution in [-0.2, 0) is 9.59 Å². The molecule has 0 aromatic heterocycles. The third-order valence-electron chi connectivity index (χ3n) is 2.75. The van der Waals surface area contributed by atoms with Gasteiger partial charge in [0.25, 0.3) is 5.91 Å². The predicted octanol–water partition coefficient (Wildman–Crippen LogP) is 2.45. The monoisotopic (exact) mass is 403 g/mol. The first-order valence-electron chi connectivity index (χ1n) is 5.87. The highest BCUT2D eigenvalue weighted by atomic mass is 79.9. The number of rotatable bonds is 4. The van der Waals surface area contributed by atoms with Gasteiger partial charge in [-0.05, 0) is 23.8 Å². The van der Waals surface area contributed by atoms with E-state index < -0.39 is 18.4 Å². The summed E-state index contributed by atoms with van der Waals surface area (Å²) in [4.78, 5) is 24.2. The molecule has 116 valence electrons. The fourth-order valence-corrected chi connectivity index (χ4v) is 3.43. The Bertz CT molecular complexity index is 704. The molecule has 1 aliphatic heterocycles. The Balaban J connectivity index is 2.35. The lowest BCUT2D eigenvalue weighted by Gasteiger charge is -2.10. The molecule has 0 aliphatic carbocycles. The largest absolute Gasteiger partial charge is 0.504 e. The zero-order chi connectivity index (χ0) is 16.4. The van der Waals surface area contributed by atoms with Crippen LogP contribution in [0.15, 0.2) is 21.5 Å². The van der Waals surface area contributed by atoms with Crippen LogP contribution in [-0.4, -0.2) is 45.0 Å². The number of thiocarbonyl (C=S) groups is 1. The number of amides is 1. The molecule has 1 aliphatic rings. The van der Waals surface area contributed by atoms with Crippen LogP contribution in [0.5, 0.6) is 11.5 Å². The van der Waals surface area contributed by atoms with Crippen molar-refractivity contribution in [2.45, 2.75) is 0 Å². The van der Waals surface area contributed by atoms with Crippen molar-refractivity contribution < 1.29 is 24.5 Å². The number of aromatic hydroxyl groups is 1. The molecule has 9 heteroatoms. The van der Waals surface area contributed by atoms with Gasteiger partial charge in [0.15, 0.2) is 11.5 Å². The van der Waals surface area contributed by atoms with E-state index in [9.17, 15) is 14.7 Å². The number of benzene rings is 1. The van der Waals surface area contributed by atoms with Crippen LogP contribution in [0.3, 0.4) is 0 Å². The maximum absolute atomic E-state index is 12.2. The molecule has 0 bridgehead atoms. The van der Waals surface area contributed by atoms with Crippen LogP contribution in [0.2, 0.25) is 0 Å². The molecule has 0 saturated carbocycles. The van der Waals surface area contributed by atoms with Crippen molar-refractivity contribution in [2.24, 2.45) is 0 Å². The van der Waals surface area contributed by atoms with Gasteiger partial charge in [-0.2, -0.15) is 0 Å². The second kappa shape index (κ2) is 6.67. The van der Waals surface area contributed by atoms with Gasteiger partial charge in [-0.3, -0.25) is 14.5 Å². The molecule has 1 fully saturated rings. The van der Waals surface area contributed by atoms with Crippen molar-refractivity contribution in [3.05, 3.63) is 27.1 Å². The summed E-state index contributed by atoms with van der Waals surface area (Å²) in [5.41, 5.74) is 0.550. The van der Waals surface area contributed by atoms with Crippen molar-refractivity contribution in [1.82, 2.24) is 4.90 Å². The van der Waals surface area contributed by atoms with Crippen molar-refractivity contribution in [1.29, 1.82) is 0 Å². The van der Waals surface area contributed by atoms with Crippen molar-refractivity contribution in [3.63, 3.8) is 0 Å². The number of carbonyl (C=O) groups excluding carboxylic acids is 1. The third-order valence-corrected chi connectivity index (χ3v) is 4.82. The Morgan fingerprint density at radius 2 is 2.23 bits per heavy atom. The highest BCUT2D eigenvalue weighted by Gasteiger charge is 2.33. The van der Waals surface area contributed by atoms with Gasteiger partial charge in [0, 0.05) is 4.47 Å². The smallest absolute Gasteiger partial charge is 0.323 e. The number of phenolic OH excluding ortho intramolecular Hbond substituents is 1. The molecular weight excluding hydrogens is 394 g/mol. The molecule has 2 N–H and O–H groups in total. The molecule has 0 unspecified atom stereocenters. The van der Waals surface area contributed by atoms with E-state index in [-0.39, 0.29) is 15.0 Å². The molecule has 2 rings (SSSR count). The lowest BCUT2D eigenvalue weighted by Crippen LogP contribution is -2.33. The third kappa shape index (κ3) is 3.42. The van der Waals surface area contributed by atoms with E-state index in [0.717, 1.165) is 16.7 Å². The van der Waals surface area contributed by atoms with E-state index in [0.29, 0.717) is 15.8 Å². The second-order valence-corrected chi connectivity index (χ2v) is 6.74. The van der Waals surface area contributed by atoms with Crippen LogP contribution < -0.4 is 4.74 Å². The van der Waals surface area contributed by atoms with Crippen LogP contribution in [0, 0.1) is 0 Å². The summed E-state index contributed by atoms with van der Waals surface area (Å²) in [6.45, 7) is -0.475. The molecule has 1 heterocycles. The Morgan fingerprint density at radius 3 is 2.82 bits per heavy atom. The lowest BCUT2D eigenvalue weighted by atomic mass is 10.2. The first-order valence-corrected chi connectivity index (χ1v) is 7.89. The number of thioether (sulfide) groups is 1. The van der Waals surface area contributed by atoms with Gasteiger partial charge in [-0.1, -0.05) is 39.9 Å². The molecule has 1 saturated heterocycles. The second-order valence-electron chi connectivity index (χ2n) is 4.21. The first kappa shape index (κ1) is 16.8. The lowest BCUT2D eigenvalue weighted by molar-refractivity contribution is -0.140. The maximum Gasteiger partial charge on any atom is 0.323 e. The fraction of sp³-hybridized carbons (Fsp3) is 0.154. The first-order chi connectivity index (χ1) is 10.3. The maximum atomic E-state index is 12.2. The normalized spacial score (nSPS) is 16.5. The van der Waals surface area contributed by atoms with E-state index in [2.05, 4.69) is 15.9 Å². The molecule has 22 heavy (non-hydrogen) atoms. The number of carboxylic acids is 1. The molecule has 0 atom stereocenters. The number of phenols is 1. The van der Waals surface area contributed by atoms with Gasteiger partial charge in [-0.25, -0.2) is 0 Å². The van der Waals surface area contributed by atoms with Crippen LogP contribution in [0.4, 0.5) is 0 Å². The standard InChI is InChI=1S/C13H10BrNO5S2/c1-20-9-4-7(14)6(2-8(9)16)3-10-12(19)15(5-11(17)18)13(21)22-10/h2-4,16H,5H2,1H3,(H,17,18)/b10-3-. The zero-order valence-corrected chi connectivity index (χ0v) is 14.4. The summed E-state index contributed by atoms with van der Waals surface area (Å²) in [6, 6.07) is 3.01. The topological polar surface area (TPSA) is 87.1 Å². The van der Waals surface area contributed by atoms with Gasteiger partial charge in [-0.15, -0.1) is 0 Å². The average Bonchev–Trinajstić information content (AvgIpc) is 2.69. The van der Waals surface area contributed by atoms with Crippen molar-refractivity contribution in [2.75, 3.05) is 13.7 Å². The minimum Gasteiger partial charge on any atom is -0.504 e. The van der Waals surface area contributed by atoms with Crippen LogP contribution in [0.1, 0.15) is 5.56 Å². The predicted molar refractivity (Wildman–Crippen MR) is 89.9 cm³/mol. The summed E-state index contributed by atoms with van der Waals surface area (Å²) in [5, 5.41) is 18.6. The van der Waals surface area contributed by atoms with Crippen LogP contribution >= 0.6 is 39.9 Å². The zero-order valence-electron chi connectivity index (χ0n) is 11.2. The van der Waals surface area contributed by atoms with Gasteiger partial charge >= 0.3 is 5.97 Å². The minimum atomic E-state index is -1.14. The summed E-state index contributed by atoms with van der Waals surface area (Å²) >= 11 is 9.35. The molecule has 1 amide bonds. The summed E-state index contributed by atoms with van der Waals surface area (Å²) < 4.78 is 5.79. The highest BCUT2D eigenvalue weighted by molar-refractivity contribution is 9.10. The Hall–Kier alpha value is -1.58. The average molecular weight is 404 g/mol. The highest BCUT2D eigenvalue weighted by Crippen LogP contribution is 2.37. The molecule has 0 radical (unpaired) electrons. The number of ether oxygens (including phenoxy) is 1. The number of hydrogen-bond acceptors (Lipinski definition) is 6. The van der Waals surface area contributed by atoms with Gasteiger partial charge in [0.05, 0.1) is 12.0 Å². The molecule has 6 nitrogen and oxygen atoms in total. The number of hydrogen-bond donors (Lipinski definition) is 2. The summed E-state index contributed by atoms with van der Waals surface area (Å²) in [5.74, 6) is -1.39. The van der Waals surface area contributed by atoms with E-state index in [1.54, 1.807) is 6.07 Å². The Morgan fingerprint density at radius 1 is 1.55 bits per heavy atom. The van der Waals surface area contributed by atoms with Gasteiger partial charge in [0.2, 0.25) is 0 Å². The summed E-state index contributed by atoms with van der Waals surface area (Å²) in [6.07, 6.45) is 1.53. The number of aliphatic carboxylic acids is 1. The van der Waals surface area contributed by atoms with Gasteiger partial charge in [0.1, 0.15) is 10.9 Å². The molecule has 1 aromatic rings. The van der Waals surface area contributed by atoms with E-state index in [1.165, 1.54) is 19.3 Å². The molecule has 1 aromatic carbocycles. The van der Waals surface area contributed by atoms with E-state index in [4.69, 9.17) is 22.1 Å². The number of carbonyl (C=O) groups is 2. The number of nitrogens with zero attached hydrogens (tertiary/aromatic N) is 1. The SMILES string of the molecule is COc1cc(Br)c(/C=C2\SC(=S)N(CC(=O)O)C2=O)cc1O. The number of carboxylic acid groups (broad SMARTS) is 1. The summed E-state index contributed by atoms with van der Waals surface area (Å²) in [7, 11) is 1.43. The number of halogens is 1. The van der Waals surface area contributed by atoms with Crippen molar-refractivity contribution in [3.8, 4) is 11.5 Å². The molecular formula is C13H10BrNO5S2. The minimum absolute atomic E-state index is 0.0713. The number of methoxy groups -OCH3 is 1. The fourth-order valence-electron chi connectivity index (χ4n) is 1.75. The van der Waals surface area contributed by atoms with E-state index in [1.807, 2.05) is 0 Å². The Kier molecular flexibility index (Phi) is 5.09. The quantitative estimate of drug-likeness (QED) is 0.589.